The zero-order valence-corrected chi connectivity index (χ0v) is 21.5. The van der Waals surface area contributed by atoms with Crippen LogP contribution in [0.15, 0.2) is 0 Å². The van der Waals surface area contributed by atoms with Crippen molar-refractivity contribution in [2.45, 2.75) is 78.0 Å². The van der Waals surface area contributed by atoms with Gasteiger partial charge in [0.25, 0.3) is 0 Å². The number of hydrogen-bond donors (Lipinski definition) is 0. The Morgan fingerprint density at radius 1 is 0.481 bits per heavy atom. The monoisotopic (exact) mass is 442 g/mol. The summed E-state index contributed by atoms with van der Waals surface area (Å²) >= 11 is 1.82. The molecule has 0 aromatic rings. The van der Waals surface area contributed by atoms with E-state index in [0.29, 0.717) is 39.6 Å². The van der Waals surface area contributed by atoms with Crippen LogP contribution in [-0.4, -0.2) is 67.0 Å². The molecule has 0 rings (SSSR count). The summed E-state index contributed by atoms with van der Waals surface area (Å²) in [6, 6.07) is 0. The zero-order chi connectivity index (χ0) is 20.8. The average Bonchev–Trinajstić information content (AvgIpc) is 2.63. The fraction of sp³-hybridized carbons (Fsp3) is 1.00. The molecule has 0 heterocycles. The molecule has 0 aliphatic heterocycles. The molecule has 27 heavy (non-hydrogen) atoms. The molecule has 0 saturated heterocycles. The SMILES string of the molecule is CCO[Si](OCC)(OCC)C(CC)SC(CC)[Si](OCC)(OCC)OCC. The number of hydrogen-bond acceptors (Lipinski definition) is 7. The van der Waals surface area contributed by atoms with Crippen LogP contribution in [0.25, 0.3) is 0 Å². The molecule has 164 valence electrons. The van der Waals surface area contributed by atoms with E-state index in [9.17, 15) is 0 Å². The van der Waals surface area contributed by atoms with Gasteiger partial charge in [-0.25, -0.2) is 0 Å². The van der Waals surface area contributed by atoms with Gasteiger partial charge < -0.3 is 26.6 Å². The molecule has 0 saturated carbocycles. The van der Waals surface area contributed by atoms with Crippen LogP contribution in [0, 0.1) is 0 Å². The highest BCUT2D eigenvalue weighted by atomic mass is 32.2. The van der Waals surface area contributed by atoms with Crippen molar-refractivity contribution >= 4 is 29.4 Å². The third kappa shape index (κ3) is 8.06. The van der Waals surface area contributed by atoms with Crippen molar-refractivity contribution in [1.29, 1.82) is 0 Å². The van der Waals surface area contributed by atoms with E-state index in [-0.39, 0.29) is 9.75 Å². The predicted molar refractivity (Wildman–Crippen MR) is 117 cm³/mol. The highest BCUT2D eigenvalue weighted by Gasteiger charge is 2.55. The van der Waals surface area contributed by atoms with Crippen LogP contribution in [0.4, 0.5) is 0 Å². The van der Waals surface area contributed by atoms with E-state index in [0.717, 1.165) is 12.8 Å². The van der Waals surface area contributed by atoms with Gasteiger partial charge in [0, 0.05) is 39.6 Å². The lowest BCUT2D eigenvalue weighted by molar-refractivity contribution is 0.0674. The first kappa shape index (κ1) is 27.5. The fourth-order valence-corrected chi connectivity index (χ4v) is 12.8. The summed E-state index contributed by atoms with van der Waals surface area (Å²) in [4.78, 5) is 0.214. The molecule has 0 amide bonds. The topological polar surface area (TPSA) is 55.4 Å². The van der Waals surface area contributed by atoms with Crippen LogP contribution in [0.5, 0.6) is 0 Å². The van der Waals surface area contributed by atoms with Crippen molar-refractivity contribution in [3.05, 3.63) is 0 Å². The first-order valence-corrected chi connectivity index (χ1v) is 15.0. The molecule has 9 heteroatoms. The zero-order valence-electron chi connectivity index (χ0n) is 18.7. The Morgan fingerprint density at radius 3 is 0.852 bits per heavy atom. The first-order valence-electron chi connectivity index (χ1n) is 10.5. The Balaban J connectivity index is 5.81. The fourth-order valence-electron chi connectivity index (χ4n) is 3.07. The van der Waals surface area contributed by atoms with Crippen LogP contribution in [-0.2, 0) is 26.6 Å². The molecule has 0 aromatic carbocycles. The van der Waals surface area contributed by atoms with Crippen molar-refractivity contribution in [1.82, 2.24) is 0 Å². The maximum atomic E-state index is 6.17. The normalized spacial score (nSPS) is 15.1. The molecule has 0 aromatic heterocycles. The van der Waals surface area contributed by atoms with Crippen LogP contribution in [0.1, 0.15) is 68.2 Å². The minimum absolute atomic E-state index is 0.107. The maximum absolute atomic E-state index is 6.17. The van der Waals surface area contributed by atoms with E-state index in [1.165, 1.54) is 0 Å². The molecule has 0 bridgehead atoms. The Bertz CT molecular complexity index is 299. The minimum atomic E-state index is -2.83. The lowest BCUT2D eigenvalue weighted by atomic mass is 10.6. The second-order valence-electron chi connectivity index (χ2n) is 5.74. The van der Waals surface area contributed by atoms with Crippen LogP contribution in [0.2, 0.25) is 0 Å². The highest BCUT2D eigenvalue weighted by molar-refractivity contribution is 8.03. The molecule has 0 aliphatic carbocycles. The first-order chi connectivity index (χ1) is 13.0. The lowest BCUT2D eigenvalue weighted by Gasteiger charge is -2.39. The summed E-state index contributed by atoms with van der Waals surface area (Å²) < 4.78 is 37.0. The smallest absolute Gasteiger partial charge is 0.373 e. The summed E-state index contributed by atoms with van der Waals surface area (Å²) in [6.45, 7) is 19.7. The van der Waals surface area contributed by atoms with Crippen LogP contribution >= 0.6 is 11.8 Å². The van der Waals surface area contributed by atoms with Gasteiger partial charge in [-0.2, -0.15) is 0 Å². The van der Waals surface area contributed by atoms with Crippen LogP contribution < -0.4 is 0 Å². The molecule has 2 unspecified atom stereocenters. The van der Waals surface area contributed by atoms with Gasteiger partial charge in [0.05, 0.1) is 9.75 Å². The average molecular weight is 443 g/mol. The molecule has 2 atom stereocenters. The third-order valence-corrected chi connectivity index (χ3v) is 14.3. The van der Waals surface area contributed by atoms with Crippen molar-refractivity contribution in [2.75, 3.05) is 39.6 Å². The molecule has 0 fully saturated rings. The molecular weight excluding hydrogens is 400 g/mol. The highest BCUT2D eigenvalue weighted by Crippen LogP contribution is 2.37. The summed E-state index contributed by atoms with van der Waals surface area (Å²) in [5.74, 6) is 0. The van der Waals surface area contributed by atoms with Crippen molar-refractivity contribution in [3.8, 4) is 0 Å². The lowest BCUT2D eigenvalue weighted by Crippen LogP contribution is -2.59. The van der Waals surface area contributed by atoms with E-state index in [1.54, 1.807) is 0 Å². The Labute approximate surface area is 173 Å². The molecule has 0 radical (unpaired) electrons. The maximum Gasteiger partial charge on any atom is 0.514 e. The predicted octanol–water partition coefficient (Wildman–Crippen LogP) is 4.45. The van der Waals surface area contributed by atoms with E-state index in [1.807, 2.05) is 53.3 Å². The molecular formula is C18H42O6SSi2. The summed E-state index contributed by atoms with van der Waals surface area (Å²) in [7, 11) is -5.67. The number of thioether (sulfide) groups is 1. The van der Waals surface area contributed by atoms with Crippen molar-refractivity contribution < 1.29 is 26.6 Å². The Hall–Kier alpha value is 0.544. The van der Waals surface area contributed by atoms with E-state index < -0.39 is 17.6 Å². The second kappa shape index (κ2) is 15.4. The summed E-state index contributed by atoms with van der Waals surface area (Å²) in [5.41, 5.74) is 0. The minimum Gasteiger partial charge on any atom is -0.373 e. The second-order valence-corrected chi connectivity index (χ2v) is 13.5. The van der Waals surface area contributed by atoms with Crippen LogP contribution in [0.3, 0.4) is 0 Å². The van der Waals surface area contributed by atoms with Gasteiger partial charge in [-0.05, 0) is 54.4 Å². The number of rotatable bonds is 18. The molecule has 0 spiro atoms. The van der Waals surface area contributed by atoms with Crippen molar-refractivity contribution in [2.24, 2.45) is 0 Å². The molecule has 6 nitrogen and oxygen atoms in total. The van der Waals surface area contributed by atoms with Gasteiger partial charge in [0.2, 0.25) is 0 Å². The van der Waals surface area contributed by atoms with Gasteiger partial charge in [-0.15, -0.1) is 11.8 Å². The van der Waals surface area contributed by atoms with E-state index in [2.05, 4.69) is 13.8 Å². The quantitative estimate of drug-likeness (QED) is 0.291. The van der Waals surface area contributed by atoms with Crippen molar-refractivity contribution in [3.63, 3.8) is 0 Å². The van der Waals surface area contributed by atoms with Gasteiger partial charge in [-0.1, -0.05) is 13.8 Å². The van der Waals surface area contributed by atoms with Gasteiger partial charge >= 0.3 is 17.6 Å². The largest absolute Gasteiger partial charge is 0.514 e. The Morgan fingerprint density at radius 2 is 0.704 bits per heavy atom. The summed E-state index contributed by atoms with van der Waals surface area (Å²) in [6.07, 6.45) is 1.78. The summed E-state index contributed by atoms with van der Waals surface area (Å²) in [5, 5.41) is 0. The van der Waals surface area contributed by atoms with Gasteiger partial charge in [-0.3, -0.25) is 0 Å². The Kier molecular flexibility index (Phi) is 15.7. The standard InChI is InChI=1S/C18H42O6SSi2/c1-9-17(26(19-11-3,20-12-4)21-13-5)25-18(10-2)27(22-14-6,23-15-7)24-16-8/h17-18H,9-16H2,1-8H3. The third-order valence-electron chi connectivity index (χ3n) is 3.93. The van der Waals surface area contributed by atoms with Gasteiger partial charge in [0.15, 0.2) is 0 Å². The van der Waals surface area contributed by atoms with E-state index in [4.69, 9.17) is 26.6 Å². The van der Waals surface area contributed by atoms with Gasteiger partial charge in [0.1, 0.15) is 0 Å². The molecule has 0 N–H and O–H groups in total. The van der Waals surface area contributed by atoms with E-state index >= 15 is 0 Å². The molecule has 0 aliphatic rings.